The second-order valence-electron chi connectivity index (χ2n) is 5.91. The summed E-state index contributed by atoms with van der Waals surface area (Å²) in [4.78, 5) is 20.6. The minimum atomic E-state index is -0.348. The Kier molecular flexibility index (Phi) is 3.15. The molecule has 1 aliphatic carbocycles. The lowest BCUT2D eigenvalue weighted by molar-refractivity contribution is 0.411. The molecule has 2 aromatic heterocycles. The summed E-state index contributed by atoms with van der Waals surface area (Å²) in [6.45, 7) is 2.02. The van der Waals surface area contributed by atoms with Crippen molar-refractivity contribution in [3.8, 4) is 5.75 Å². The maximum Gasteiger partial charge on any atom is 0.346 e. The van der Waals surface area contributed by atoms with E-state index in [1.54, 1.807) is 25.6 Å². The van der Waals surface area contributed by atoms with Crippen molar-refractivity contribution in [2.75, 3.05) is 7.11 Å². The number of hydrogen-bond donors (Lipinski definition) is 0. The summed E-state index contributed by atoms with van der Waals surface area (Å²) in [5.41, 5.74) is 2.54. The Bertz CT molecular complexity index is 948. The van der Waals surface area contributed by atoms with E-state index in [4.69, 9.17) is 9.15 Å². The number of fused-ring (bicyclic) bond motifs is 1. The summed E-state index contributed by atoms with van der Waals surface area (Å²) in [7, 11) is 1.67. The third-order valence-corrected chi connectivity index (χ3v) is 4.42. The van der Waals surface area contributed by atoms with Crippen molar-refractivity contribution in [3.63, 3.8) is 0 Å². The molecule has 0 amide bonds. The quantitative estimate of drug-likeness (QED) is 0.743. The Morgan fingerprint density at radius 3 is 2.96 bits per heavy atom. The van der Waals surface area contributed by atoms with Crippen LogP contribution in [0.4, 0.5) is 0 Å². The average molecular weight is 308 g/mol. The molecule has 0 radical (unpaired) electrons. The van der Waals surface area contributed by atoms with E-state index in [0.29, 0.717) is 22.7 Å². The molecule has 2 unspecified atom stereocenters. The lowest BCUT2D eigenvalue weighted by Crippen LogP contribution is -2.05. The number of methoxy groups -OCH3 is 1. The van der Waals surface area contributed by atoms with E-state index < -0.39 is 0 Å². The Labute approximate surface area is 133 Å². The van der Waals surface area contributed by atoms with Crippen LogP contribution in [-0.2, 0) is 0 Å². The van der Waals surface area contributed by atoms with Crippen LogP contribution in [0.3, 0.4) is 0 Å². The minimum Gasteiger partial charge on any atom is -0.496 e. The molecule has 2 atom stereocenters. The molecule has 0 spiro atoms. The van der Waals surface area contributed by atoms with Gasteiger partial charge in [-0.3, -0.25) is 4.98 Å². The number of pyridine rings is 1. The predicted octanol–water partition coefficient (Wildman–Crippen LogP) is 3.17. The predicted molar refractivity (Wildman–Crippen MR) is 85.9 cm³/mol. The van der Waals surface area contributed by atoms with Crippen molar-refractivity contribution >= 4 is 10.9 Å². The Hall–Kier alpha value is -2.69. The number of rotatable bonds is 3. The normalized spacial score (nSPS) is 19.7. The number of benzene rings is 1. The van der Waals surface area contributed by atoms with Crippen LogP contribution in [0.2, 0.25) is 0 Å². The number of ether oxygens (including phenoxy) is 1. The highest BCUT2D eigenvalue weighted by atomic mass is 16.5. The summed E-state index contributed by atoms with van der Waals surface area (Å²) in [5.74, 6) is 1.83. The zero-order chi connectivity index (χ0) is 16.0. The first kappa shape index (κ1) is 13.9. The third kappa shape index (κ3) is 2.38. The van der Waals surface area contributed by atoms with Gasteiger partial charge in [0.05, 0.1) is 24.2 Å². The highest BCUT2D eigenvalue weighted by Gasteiger charge is 2.43. The molecule has 0 N–H and O–H groups in total. The maximum absolute atomic E-state index is 12.1. The van der Waals surface area contributed by atoms with Gasteiger partial charge in [-0.15, -0.1) is 0 Å². The van der Waals surface area contributed by atoms with Gasteiger partial charge in [-0.05, 0) is 42.5 Å². The maximum atomic E-state index is 12.1. The molecule has 0 aliphatic heterocycles. The molecular weight excluding hydrogens is 292 g/mol. The van der Waals surface area contributed by atoms with E-state index in [2.05, 4.69) is 28.2 Å². The van der Waals surface area contributed by atoms with E-state index in [1.807, 2.05) is 6.92 Å². The summed E-state index contributed by atoms with van der Waals surface area (Å²) in [6.07, 6.45) is 4.09. The zero-order valence-electron chi connectivity index (χ0n) is 12.9. The van der Waals surface area contributed by atoms with Crippen LogP contribution < -0.4 is 10.4 Å². The molecule has 1 aliphatic rings. The average Bonchev–Trinajstić information content (AvgIpc) is 3.36. The Morgan fingerprint density at radius 2 is 2.13 bits per heavy atom. The van der Waals surface area contributed by atoms with E-state index in [9.17, 15) is 4.79 Å². The topological polar surface area (TPSA) is 65.2 Å². The SMILES string of the molecule is COc1cc(C2CC2c2nc3cnccc3c(=O)o2)ccc1C. The van der Waals surface area contributed by atoms with Crippen LogP contribution in [0.25, 0.3) is 10.9 Å². The van der Waals surface area contributed by atoms with Gasteiger partial charge in [-0.2, -0.15) is 0 Å². The molecule has 0 bridgehead atoms. The molecule has 1 aromatic carbocycles. The van der Waals surface area contributed by atoms with Gasteiger partial charge in [0.1, 0.15) is 5.75 Å². The van der Waals surface area contributed by atoms with Crippen LogP contribution in [0.15, 0.2) is 45.9 Å². The highest BCUT2D eigenvalue weighted by molar-refractivity contribution is 5.75. The first-order valence-electron chi connectivity index (χ1n) is 7.56. The summed E-state index contributed by atoms with van der Waals surface area (Å²) >= 11 is 0. The fraction of sp³-hybridized carbons (Fsp3) is 0.278. The largest absolute Gasteiger partial charge is 0.496 e. The van der Waals surface area contributed by atoms with Crippen LogP contribution in [0.1, 0.15) is 35.3 Å². The molecule has 116 valence electrons. The lowest BCUT2D eigenvalue weighted by atomic mass is 10.1. The smallest absolute Gasteiger partial charge is 0.346 e. The lowest BCUT2D eigenvalue weighted by Gasteiger charge is -2.07. The minimum absolute atomic E-state index is 0.139. The number of aryl methyl sites for hydroxylation is 1. The molecule has 4 rings (SSSR count). The fourth-order valence-electron chi connectivity index (χ4n) is 3.00. The van der Waals surface area contributed by atoms with E-state index in [-0.39, 0.29) is 11.5 Å². The molecule has 1 saturated carbocycles. The van der Waals surface area contributed by atoms with Crippen molar-refractivity contribution in [2.45, 2.75) is 25.2 Å². The van der Waals surface area contributed by atoms with Crippen LogP contribution in [-0.4, -0.2) is 17.1 Å². The van der Waals surface area contributed by atoms with E-state index in [0.717, 1.165) is 17.7 Å². The van der Waals surface area contributed by atoms with E-state index in [1.165, 1.54) is 5.56 Å². The van der Waals surface area contributed by atoms with Gasteiger partial charge in [0, 0.05) is 12.1 Å². The second-order valence-corrected chi connectivity index (χ2v) is 5.91. The van der Waals surface area contributed by atoms with Crippen molar-refractivity contribution in [2.24, 2.45) is 0 Å². The Balaban J connectivity index is 1.68. The fourth-order valence-corrected chi connectivity index (χ4v) is 3.00. The van der Waals surface area contributed by atoms with Crippen LogP contribution in [0, 0.1) is 6.92 Å². The summed E-state index contributed by atoms with van der Waals surface area (Å²) < 4.78 is 10.8. The van der Waals surface area contributed by atoms with Gasteiger partial charge in [0.25, 0.3) is 0 Å². The number of nitrogens with zero attached hydrogens (tertiary/aromatic N) is 2. The molecule has 3 aromatic rings. The van der Waals surface area contributed by atoms with Crippen molar-refractivity contribution < 1.29 is 9.15 Å². The van der Waals surface area contributed by atoms with E-state index >= 15 is 0 Å². The second kappa shape index (κ2) is 5.19. The van der Waals surface area contributed by atoms with Gasteiger partial charge in [-0.25, -0.2) is 9.78 Å². The first-order chi connectivity index (χ1) is 11.2. The summed E-state index contributed by atoms with van der Waals surface area (Å²) in [5, 5.41) is 0.470. The molecule has 1 fully saturated rings. The Morgan fingerprint density at radius 1 is 1.26 bits per heavy atom. The van der Waals surface area contributed by atoms with Crippen LogP contribution in [0.5, 0.6) is 5.75 Å². The monoisotopic (exact) mass is 308 g/mol. The first-order valence-corrected chi connectivity index (χ1v) is 7.56. The number of aromatic nitrogens is 2. The van der Waals surface area contributed by atoms with Gasteiger partial charge in [-0.1, -0.05) is 12.1 Å². The molecule has 5 heteroatoms. The van der Waals surface area contributed by atoms with Crippen molar-refractivity contribution in [1.29, 1.82) is 0 Å². The molecule has 23 heavy (non-hydrogen) atoms. The molecule has 0 saturated heterocycles. The number of hydrogen-bond acceptors (Lipinski definition) is 5. The summed E-state index contributed by atoms with van der Waals surface area (Å²) in [6, 6.07) is 7.84. The zero-order valence-corrected chi connectivity index (χ0v) is 12.9. The van der Waals surface area contributed by atoms with Gasteiger partial charge in [0.2, 0.25) is 5.89 Å². The van der Waals surface area contributed by atoms with Gasteiger partial charge >= 0.3 is 5.63 Å². The third-order valence-electron chi connectivity index (χ3n) is 4.42. The molecule has 5 nitrogen and oxygen atoms in total. The van der Waals surface area contributed by atoms with Crippen molar-refractivity contribution in [3.05, 3.63) is 64.1 Å². The van der Waals surface area contributed by atoms with Gasteiger partial charge in [0.15, 0.2) is 0 Å². The molecular formula is C18H16N2O3. The molecule has 2 heterocycles. The van der Waals surface area contributed by atoms with Gasteiger partial charge < -0.3 is 9.15 Å². The van der Waals surface area contributed by atoms with Crippen molar-refractivity contribution in [1.82, 2.24) is 9.97 Å². The van der Waals surface area contributed by atoms with Crippen LogP contribution >= 0.6 is 0 Å². The standard InChI is InChI=1S/C18H16N2O3/c1-10-3-4-11(7-16(10)22-2)13-8-14(13)17-20-15-9-19-6-5-12(15)18(21)23-17/h3-7,9,13-14H,8H2,1-2H3. The highest BCUT2D eigenvalue weighted by Crippen LogP contribution is 2.54.